The third-order valence-electron chi connectivity index (χ3n) is 5.23. The molecule has 2 unspecified atom stereocenters. The fourth-order valence-corrected chi connectivity index (χ4v) is 3.86. The highest BCUT2D eigenvalue weighted by Gasteiger charge is 2.30. The Hall–Kier alpha value is -1.82. The Morgan fingerprint density at radius 1 is 1.28 bits per heavy atom. The molecule has 0 radical (unpaired) electrons. The van der Waals surface area contributed by atoms with E-state index >= 15 is 0 Å². The highest BCUT2D eigenvalue weighted by atomic mass is 35.5. The van der Waals surface area contributed by atoms with E-state index in [0.717, 1.165) is 48.2 Å². The zero-order chi connectivity index (χ0) is 19.4. The number of aromatic nitrogens is 1. The van der Waals surface area contributed by atoms with Gasteiger partial charge >= 0.3 is 0 Å². The molecule has 1 fully saturated rings. The van der Waals surface area contributed by atoms with Gasteiger partial charge in [0.05, 0.1) is 0 Å². The number of likely N-dealkylation sites (tertiary alicyclic amines) is 1. The molecule has 1 aromatic heterocycles. The number of hydrogen-bond acceptors (Lipinski definition) is 4. The lowest BCUT2D eigenvalue weighted by Crippen LogP contribution is -2.51. The van der Waals surface area contributed by atoms with Gasteiger partial charge in [-0.25, -0.2) is 0 Å². The second-order valence-electron chi connectivity index (χ2n) is 7.51. The van der Waals surface area contributed by atoms with Gasteiger partial charge in [-0.1, -0.05) is 6.07 Å². The van der Waals surface area contributed by atoms with Crippen LogP contribution in [0.3, 0.4) is 0 Å². The second-order valence-corrected chi connectivity index (χ2v) is 7.51. The molecule has 2 aromatic rings. The molecule has 0 spiro atoms. The number of halogens is 2. The maximum Gasteiger partial charge on any atom is 0.254 e. The number of carbonyl (C=O) groups is 1. The molecule has 1 aliphatic rings. The number of nitrogens with two attached hydrogens (primary N) is 1. The van der Waals surface area contributed by atoms with Crippen LogP contribution in [0.2, 0.25) is 0 Å². The van der Waals surface area contributed by atoms with Crippen LogP contribution in [0.15, 0.2) is 36.7 Å². The number of piperidine rings is 1. The van der Waals surface area contributed by atoms with Crippen molar-refractivity contribution in [2.75, 3.05) is 6.54 Å². The monoisotopic (exact) mass is 439 g/mol. The van der Waals surface area contributed by atoms with Crippen LogP contribution >= 0.6 is 24.8 Å². The highest BCUT2D eigenvalue weighted by Crippen LogP contribution is 2.28. The summed E-state index contributed by atoms with van der Waals surface area (Å²) in [5.74, 6) is 0.903. The van der Waals surface area contributed by atoms with E-state index in [4.69, 9.17) is 10.5 Å². The predicted molar refractivity (Wildman–Crippen MR) is 121 cm³/mol. The van der Waals surface area contributed by atoms with Gasteiger partial charge in [-0.2, -0.15) is 0 Å². The Morgan fingerprint density at radius 3 is 2.55 bits per heavy atom. The first kappa shape index (κ1) is 25.2. The maximum atomic E-state index is 13.1. The standard InChI is InChI=1S/C22H29N3O2.2ClH/c1-15-11-19(22(26)25-10-5-4-8-20(25)17(3)23)12-16(2)21(15)27-14-18-7-6-9-24-13-18;;/h6-7,9,11-13,17,20H,4-5,8,10,14,23H2,1-3H3;2*1H. The molecule has 0 bridgehead atoms. The quantitative estimate of drug-likeness (QED) is 0.745. The Morgan fingerprint density at radius 2 is 1.97 bits per heavy atom. The van der Waals surface area contributed by atoms with Crippen molar-refractivity contribution in [2.24, 2.45) is 5.73 Å². The number of amides is 1. The van der Waals surface area contributed by atoms with Gasteiger partial charge in [-0.15, -0.1) is 24.8 Å². The van der Waals surface area contributed by atoms with E-state index in [9.17, 15) is 4.79 Å². The van der Waals surface area contributed by atoms with E-state index in [1.54, 1.807) is 12.4 Å². The molecule has 0 saturated carbocycles. The SMILES string of the molecule is Cc1cc(C(=O)N2CCCCC2C(C)N)cc(C)c1OCc1cccnc1.Cl.Cl. The molecule has 5 nitrogen and oxygen atoms in total. The molecule has 160 valence electrons. The van der Waals surface area contributed by atoms with Gasteiger partial charge in [-0.05, 0) is 69.4 Å². The van der Waals surface area contributed by atoms with Crippen molar-refractivity contribution in [1.82, 2.24) is 9.88 Å². The summed E-state index contributed by atoms with van der Waals surface area (Å²) in [6.45, 7) is 7.20. The molecular formula is C22H31Cl2N3O2. The minimum atomic E-state index is -0.0152. The van der Waals surface area contributed by atoms with E-state index in [-0.39, 0.29) is 42.8 Å². The molecule has 0 aliphatic carbocycles. The third kappa shape index (κ3) is 6.08. The fourth-order valence-electron chi connectivity index (χ4n) is 3.86. The number of rotatable bonds is 5. The summed E-state index contributed by atoms with van der Waals surface area (Å²) in [5.41, 5.74) is 9.80. The normalized spacial score (nSPS) is 17.0. The van der Waals surface area contributed by atoms with Gasteiger partial charge in [0.1, 0.15) is 12.4 Å². The Kier molecular flexibility index (Phi) is 9.90. The molecule has 1 aromatic carbocycles. The highest BCUT2D eigenvalue weighted by molar-refractivity contribution is 5.95. The van der Waals surface area contributed by atoms with Crippen LogP contribution in [0.1, 0.15) is 53.2 Å². The van der Waals surface area contributed by atoms with E-state index in [2.05, 4.69) is 4.98 Å². The molecule has 29 heavy (non-hydrogen) atoms. The number of benzene rings is 1. The molecule has 2 N–H and O–H groups in total. The van der Waals surface area contributed by atoms with Crippen molar-refractivity contribution >= 4 is 30.7 Å². The first-order valence-electron chi connectivity index (χ1n) is 9.67. The first-order valence-corrected chi connectivity index (χ1v) is 9.67. The van der Waals surface area contributed by atoms with Crippen molar-refractivity contribution in [3.63, 3.8) is 0 Å². The number of ether oxygens (including phenoxy) is 1. The van der Waals surface area contributed by atoms with Crippen LogP contribution in [0.4, 0.5) is 0 Å². The van der Waals surface area contributed by atoms with E-state index in [1.807, 2.05) is 49.9 Å². The van der Waals surface area contributed by atoms with E-state index < -0.39 is 0 Å². The van der Waals surface area contributed by atoms with E-state index in [0.29, 0.717) is 12.2 Å². The number of carbonyl (C=O) groups excluding carboxylic acids is 1. The minimum absolute atomic E-state index is 0. The lowest BCUT2D eigenvalue weighted by Gasteiger charge is -2.38. The zero-order valence-electron chi connectivity index (χ0n) is 17.3. The Bertz CT molecular complexity index is 777. The predicted octanol–water partition coefficient (Wildman–Crippen LogP) is 4.46. The average molecular weight is 440 g/mol. The smallest absolute Gasteiger partial charge is 0.254 e. The Balaban J connectivity index is 0.00000210. The number of aryl methyl sites for hydroxylation is 2. The zero-order valence-corrected chi connectivity index (χ0v) is 18.9. The molecule has 2 heterocycles. The summed E-state index contributed by atoms with van der Waals surface area (Å²) in [6.07, 6.45) is 6.70. The van der Waals surface area contributed by atoms with Crippen molar-refractivity contribution in [1.29, 1.82) is 0 Å². The molecular weight excluding hydrogens is 409 g/mol. The van der Waals surface area contributed by atoms with Crippen LogP contribution in [0.5, 0.6) is 5.75 Å². The van der Waals surface area contributed by atoms with Crippen LogP contribution in [0, 0.1) is 13.8 Å². The van der Waals surface area contributed by atoms with Crippen molar-refractivity contribution < 1.29 is 9.53 Å². The molecule has 1 aliphatic heterocycles. The van der Waals surface area contributed by atoms with Crippen molar-refractivity contribution in [3.05, 3.63) is 58.9 Å². The molecule has 7 heteroatoms. The van der Waals surface area contributed by atoms with Gasteiger partial charge in [0.2, 0.25) is 0 Å². The number of pyridine rings is 1. The second kappa shape index (κ2) is 11.4. The number of hydrogen-bond donors (Lipinski definition) is 1. The van der Waals surface area contributed by atoms with Gasteiger partial charge in [0, 0.05) is 42.1 Å². The first-order chi connectivity index (χ1) is 13.0. The lowest BCUT2D eigenvalue weighted by molar-refractivity contribution is 0.0583. The van der Waals surface area contributed by atoms with Gasteiger partial charge in [-0.3, -0.25) is 9.78 Å². The molecule has 2 atom stereocenters. The lowest BCUT2D eigenvalue weighted by atomic mass is 9.95. The van der Waals surface area contributed by atoms with Gasteiger partial charge < -0.3 is 15.4 Å². The van der Waals surface area contributed by atoms with Crippen LogP contribution < -0.4 is 10.5 Å². The summed E-state index contributed by atoms with van der Waals surface area (Å²) < 4.78 is 6.01. The van der Waals surface area contributed by atoms with Crippen molar-refractivity contribution in [3.8, 4) is 5.75 Å². The molecule has 1 amide bonds. The maximum absolute atomic E-state index is 13.1. The molecule has 1 saturated heterocycles. The Labute approximate surface area is 185 Å². The summed E-state index contributed by atoms with van der Waals surface area (Å²) in [6, 6.07) is 7.85. The third-order valence-corrected chi connectivity index (χ3v) is 5.23. The summed E-state index contributed by atoms with van der Waals surface area (Å²) in [7, 11) is 0. The minimum Gasteiger partial charge on any atom is -0.488 e. The van der Waals surface area contributed by atoms with Crippen molar-refractivity contribution in [2.45, 2.75) is 58.7 Å². The number of nitrogens with zero attached hydrogens (tertiary/aromatic N) is 2. The topological polar surface area (TPSA) is 68.5 Å². The van der Waals surface area contributed by atoms with Crippen LogP contribution in [-0.2, 0) is 6.61 Å². The summed E-state index contributed by atoms with van der Waals surface area (Å²) in [5, 5.41) is 0. The van der Waals surface area contributed by atoms with Crippen LogP contribution in [0.25, 0.3) is 0 Å². The van der Waals surface area contributed by atoms with Crippen LogP contribution in [-0.4, -0.2) is 34.4 Å². The van der Waals surface area contributed by atoms with Gasteiger partial charge in [0.15, 0.2) is 0 Å². The molecule has 3 rings (SSSR count). The summed E-state index contributed by atoms with van der Waals surface area (Å²) in [4.78, 5) is 19.2. The van der Waals surface area contributed by atoms with E-state index in [1.165, 1.54) is 0 Å². The largest absolute Gasteiger partial charge is 0.488 e. The fraction of sp³-hybridized carbons (Fsp3) is 0.455. The average Bonchev–Trinajstić information content (AvgIpc) is 2.67. The van der Waals surface area contributed by atoms with Gasteiger partial charge in [0.25, 0.3) is 5.91 Å². The summed E-state index contributed by atoms with van der Waals surface area (Å²) >= 11 is 0.